The van der Waals surface area contributed by atoms with Crippen molar-refractivity contribution in [1.82, 2.24) is 19.8 Å². The number of ether oxygens (including phenoxy) is 1. The summed E-state index contributed by atoms with van der Waals surface area (Å²) in [6.45, 7) is 8.28. The van der Waals surface area contributed by atoms with Gasteiger partial charge in [-0.3, -0.25) is 9.59 Å². The summed E-state index contributed by atoms with van der Waals surface area (Å²) in [6, 6.07) is 1.91. The average molecular weight is 439 g/mol. The molecule has 1 aliphatic rings. The first-order chi connectivity index (χ1) is 13.9. The molecule has 8 nitrogen and oxygen atoms in total. The van der Waals surface area contributed by atoms with Gasteiger partial charge in [-0.25, -0.2) is 9.78 Å². The summed E-state index contributed by atoms with van der Waals surface area (Å²) in [5.41, 5.74) is -0.129. The summed E-state index contributed by atoms with van der Waals surface area (Å²) in [5.74, 6) is 1.75. The van der Waals surface area contributed by atoms with Crippen LogP contribution in [-0.2, 0) is 15.3 Å². The molecule has 29 heavy (non-hydrogen) atoms. The number of aromatic amines is 1. The summed E-state index contributed by atoms with van der Waals surface area (Å²) >= 11 is 2.97. The van der Waals surface area contributed by atoms with Gasteiger partial charge in [-0.2, -0.15) is 0 Å². The second-order valence-electron chi connectivity index (χ2n) is 7.09. The number of thioether (sulfide) groups is 1. The van der Waals surface area contributed by atoms with Crippen LogP contribution in [0.3, 0.4) is 0 Å². The van der Waals surface area contributed by atoms with Gasteiger partial charge in [-0.15, -0.1) is 23.1 Å². The van der Waals surface area contributed by atoms with Gasteiger partial charge in [0.15, 0.2) is 0 Å². The van der Waals surface area contributed by atoms with Crippen LogP contribution in [0, 0.1) is 0 Å². The molecule has 0 atom stereocenters. The predicted octanol–water partition coefficient (Wildman–Crippen LogP) is 2.64. The van der Waals surface area contributed by atoms with Crippen molar-refractivity contribution >= 4 is 45.3 Å². The number of carbonyl (C=O) groups is 2. The topological polar surface area (TPSA) is 95.6 Å². The van der Waals surface area contributed by atoms with Gasteiger partial charge >= 0.3 is 6.09 Å². The highest BCUT2D eigenvalue weighted by Gasteiger charge is 2.24. The molecule has 0 saturated carbocycles. The van der Waals surface area contributed by atoms with E-state index in [0.717, 1.165) is 9.71 Å². The van der Waals surface area contributed by atoms with Crippen LogP contribution >= 0.6 is 23.1 Å². The number of amides is 2. The minimum Gasteiger partial charge on any atom is -0.450 e. The van der Waals surface area contributed by atoms with Crippen molar-refractivity contribution in [3.05, 3.63) is 27.1 Å². The van der Waals surface area contributed by atoms with E-state index in [2.05, 4.69) is 23.8 Å². The zero-order valence-corrected chi connectivity index (χ0v) is 18.5. The zero-order valence-electron chi connectivity index (χ0n) is 16.9. The van der Waals surface area contributed by atoms with Gasteiger partial charge in [0.2, 0.25) is 5.91 Å². The summed E-state index contributed by atoms with van der Waals surface area (Å²) in [7, 11) is 0. The van der Waals surface area contributed by atoms with Gasteiger partial charge in [0, 0.05) is 31.1 Å². The zero-order chi connectivity index (χ0) is 21.0. The molecule has 0 bridgehead atoms. The van der Waals surface area contributed by atoms with E-state index in [-0.39, 0.29) is 17.6 Å². The quantitative estimate of drug-likeness (QED) is 0.745. The molecular weight excluding hydrogens is 412 g/mol. The van der Waals surface area contributed by atoms with E-state index in [0.29, 0.717) is 61.4 Å². The lowest BCUT2D eigenvalue weighted by Crippen LogP contribution is -2.51. The molecule has 0 aliphatic carbocycles. The highest BCUT2D eigenvalue weighted by molar-refractivity contribution is 7.99. The van der Waals surface area contributed by atoms with Crippen molar-refractivity contribution in [2.75, 3.05) is 38.5 Å². The maximum atomic E-state index is 12.4. The van der Waals surface area contributed by atoms with Crippen LogP contribution in [0.4, 0.5) is 4.79 Å². The lowest BCUT2D eigenvalue weighted by Gasteiger charge is -2.34. The van der Waals surface area contributed by atoms with Crippen molar-refractivity contribution < 1.29 is 14.3 Å². The molecule has 0 spiro atoms. The van der Waals surface area contributed by atoms with E-state index in [1.807, 2.05) is 6.07 Å². The smallest absolute Gasteiger partial charge is 0.409 e. The molecule has 3 rings (SSSR count). The predicted molar refractivity (Wildman–Crippen MR) is 116 cm³/mol. The summed E-state index contributed by atoms with van der Waals surface area (Å²) in [6.07, 6.45) is -0.325. The van der Waals surface area contributed by atoms with Crippen LogP contribution in [0.2, 0.25) is 0 Å². The monoisotopic (exact) mass is 438 g/mol. The molecule has 1 saturated heterocycles. The number of aromatic nitrogens is 2. The number of carbonyl (C=O) groups excluding carboxylic acids is 2. The molecule has 2 aromatic heterocycles. The number of hydrogen-bond donors (Lipinski definition) is 1. The Kier molecular flexibility index (Phi) is 7.18. The van der Waals surface area contributed by atoms with Crippen molar-refractivity contribution in [1.29, 1.82) is 0 Å². The Morgan fingerprint density at radius 1 is 1.28 bits per heavy atom. The van der Waals surface area contributed by atoms with E-state index in [1.165, 1.54) is 11.8 Å². The molecular formula is C19H26N4O4S2. The molecule has 1 N–H and O–H groups in total. The molecule has 2 aromatic rings. The summed E-state index contributed by atoms with van der Waals surface area (Å²) in [4.78, 5) is 49.1. The van der Waals surface area contributed by atoms with Crippen molar-refractivity contribution in [3.8, 4) is 0 Å². The molecule has 1 fully saturated rings. The van der Waals surface area contributed by atoms with Crippen molar-refractivity contribution in [2.24, 2.45) is 0 Å². The van der Waals surface area contributed by atoms with Gasteiger partial charge in [0.25, 0.3) is 5.56 Å². The SMILES string of the molecule is CCOC(=O)N1CCN(C(=O)CSCc2nc3sc(C(C)C)cc3c(=O)[nH]2)CC1. The Labute approximate surface area is 177 Å². The minimum absolute atomic E-state index is 0.0279. The van der Waals surface area contributed by atoms with Crippen molar-refractivity contribution in [2.45, 2.75) is 32.4 Å². The van der Waals surface area contributed by atoms with E-state index >= 15 is 0 Å². The maximum absolute atomic E-state index is 12.4. The first-order valence-electron chi connectivity index (χ1n) is 9.69. The van der Waals surface area contributed by atoms with Gasteiger partial charge in [0.1, 0.15) is 10.7 Å². The van der Waals surface area contributed by atoms with E-state index in [1.54, 1.807) is 28.1 Å². The number of H-pyrrole nitrogens is 1. The Bertz CT molecular complexity index is 932. The number of nitrogens with zero attached hydrogens (tertiary/aromatic N) is 3. The summed E-state index contributed by atoms with van der Waals surface area (Å²) in [5, 5.41) is 0.628. The number of hydrogen-bond acceptors (Lipinski definition) is 7. The second-order valence-corrected chi connectivity index (χ2v) is 9.14. The van der Waals surface area contributed by atoms with Crippen LogP contribution in [-0.4, -0.2) is 70.3 Å². The van der Waals surface area contributed by atoms with Gasteiger partial charge in [0.05, 0.1) is 23.5 Å². The average Bonchev–Trinajstić information content (AvgIpc) is 3.13. The van der Waals surface area contributed by atoms with Crippen LogP contribution in [0.1, 0.15) is 37.4 Å². The Morgan fingerprint density at radius 2 is 1.97 bits per heavy atom. The van der Waals surface area contributed by atoms with Gasteiger partial charge in [-0.05, 0) is 18.9 Å². The van der Waals surface area contributed by atoms with Crippen LogP contribution < -0.4 is 5.56 Å². The molecule has 2 amide bonds. The van der Waals surface area contributed by atoms with Crippen LogP contribution in [0.15, 0.2) is 10.9 Å². The molecule has 3 heterocycles. The first kappa shape index (κ1) is 21.6. The van der Waals surface area contributed by atoms with E-state index < -0.39 is 0 Å². The van der Waals surface area contributed by atoms with Crippen LogP contribution in [0.25, 0.3) is 10.2 Å². The minimum atomic E-state index is -0.325. The fourth-order valence-corrected chi connectivity index (χ4v) is 4.87. The van der Waals surface area contributed by atoms with Gasteiger partial charge < -0.3 is 19.5 Å². The third kappa shape index (κ3) is 5.30. The summed E-state index contributed by atoms with van der Waals surface area (Å²) < 4.78 is 4.99. The number of piperazine rings is 1. The highest BCUT2D eigenvalue weighted by Crippen LogP contribution is 2.27. The molecule has 0 aromatic carbocycles. The number of rotatable bonds is 6. The fourth-order valence-electron chi connectivity index (χ4n) is 3.03. The Balaban J connectivity index is 1.50. The van der Waals surface area contributed by atoms with Crippen LogP contribution in [0.5, 0.6) is 0 Å². The highest BCUT2D eigenvalue weighted by atomic mass is 32.2. The first-order valence-corrected chi connectivity index (χ1v) is 11.7. The molecule has 1 aliphatic heterocycles. The number of nitrogens with one attached hydrogen (secondary N) is 1. The van der Waals surface area contributed by atoms with E-state index in [9.17, 15) is 14.4 Å². The number of thiophene rings is 1. The Hall–Kier alpha value is -2.07. The Morgan fingerprint density at radius 3 is 2.62 bits per heavy atom. The normalized spacial score (nSPS) is 14.6. The molecule has 0 radical (unpaired) electrons. The lowest BCUT2D eigenvalue weighted by atomic mass is 10.2. The molecule has 0 unspecified atom stereocenters. The third-order valence-corrected chi connectivity index (χ3v) is 6.92. The second kappa shape index (κ2) is 9.62. The van der Waals surface area contributed by atoms with Crippen molar-refractivity contribution in [3.63, 3.8) is 0 Å². The number of fused-ring (bicyclic) bond motifs is 1. The van der Waals surface area contributed by atoms with E-state index in [4.69, 9.17) is 4.74 Å². The standard InChI is InChI=1S/C19H26N4O4S2/c1-4-27-19(26)23-7-5-22(6-8-23)16(24)11-28-10-15-20-17(25)13-9-14(12(2)3)29-18(13)21-15/h9,12H,4-8,10-11H2,1-3H3,(H,20,21,25). The molecule has 158 valence electrons. The largest absolute Gasteiger partial charge is 0.450 e. The maximum Gasteiger partial charge on any atom is 0.409 e. The molecule has 10 heteroatoms. The lowest BCUT2D eigenvalue weighted by molar-refractivity contribution is -0.129. The van der Waals surface area contributed by atoms with Gasteiger partial charge in [-0.1, -0.05) is 13.8 Å². The third-order valence-electron chi connectivity index (χ3n) is 4.66. The fraction of sp³-hybridized carbons (Fsp3) is 0.579.